The van der Waals surface area contributed by atoms with Crippen LogP contribution in [0.2, 0.25) is 0 Å². The average Bonchev–Trinajstić information content (AvgIpc) is 3.39. The van der Waals surface area contributed by atoms with Crippen LogP contribution in [-0.4, -0.2) is 26.6 Å². The molecular formula is C21H23N3O5S2. The molecule has 0 saturated heterocycles. The molecule has 0 spiro atoms. The van der Waals surface area contributed by atoms with Crippen molar-refractivity contribution in [3.63, 3.8) is 0 Å². The molecular weight excluding hydrogens is 438 g/mol. The van der Waals surface area contributed by atoms with E-state index >= 15 is 0 Å². The predicted molar refractivity (Wildman–Crippen MR) is 120 cm³/mol. The monoisotopic (exact) mass is 461 g/mol. The van der Waals surface area contributed by atoms with E-state index in [0.717, 1.165) is 16.9 Å². The van der Waals surface area contributed by atoms with Crippen LogP contribution >= 0.6 is 11.3 Å². The molecule has 0 atom stereocenters. The molecule has 2 N–H and O–H groups in total. The van der Waals surface area contributed by atoms with Crippen LogP contribution < -0.4 is 14.8 Å². The number of carbonyl (C=O) groups excluding carboxylic acids is 1. The first-order chi connectivity index (χ1) is 14.8. The summed E-state index contributed by atoms with van der Waals surface area (Å²) < 4.78 is 38.5. The number of aromatic nitrogens is 1. The summed E-state index contributed by atoms with van der Waals surface area (Å²) in [6.07, 6.45) is 3.70. The van der Waals surface area contributed by atoms with E-state index in [2.05, 4.69) is 15.2 Å². The van der Waals surface area contributed by atoms with Gasteiger partial charge in [-0.3, -0.25) is 4.79 Å². The number of methoxy groups -OCH3 is 1. The number of thiophene rings is 1. The smallest absolute Gasteiger partial charge is 0.250 e. The quantitative estimate of drug-likeness (QED) is 0.497. The standard InChI is InChI=1S/C21H23N3O5S2/c1-4-19(25)23-21-14(2)24-29-18(21)10-8-17-9-11-20(30-17)31(26,27)22-13-15-6-5-7-16(12-15)28-3/h5-12,22H,4,13H2,1-3H3,(H,23,25)/b10-8+. The van der Waals surface area contributed by atoms with Crippen molar-refractivity contribution in [2.75, 3.05) is 12.4 Å². The number of benzene rings is 1. The minimum Gasteiger partial charge on any atom is -0.497 e. The Labute approximate surface area is 185 Å². The molecule has 1 amide bonds. The van der Waals surface area contributed by atoms with Crippen molar-refractivity contribution in [3.05, 3.63) is 58.3 Å². The summed E-state index contributed by atoms with van der Waals surface area (Å²) in [7, 11) is -2.10. The molecule has 8 nitrogen and oxygen atoms in total. The van der Waals surface area contributed by atoms with E-state index in [4.69, 9.17) is 9.26 Å². The number of carbonyl (C=O) groups is 1. The number of aryl methyl sites for hydroxylation is 1. The minimum atomic E-state index is -3.66. The Morgan fingerprint density at radius 2 is 2.06 bits per heavy atom. The fourth-order valence-electron chi connectivity index (χ4n) is 2.64. The number of rotatable bonds is 9. The van der Waals surface area contributed by atoms with Gasteiger partial charge < -0.3 is 14.6 Å². The largest absolute Gasteiger partial charge is 0.497 e. The molecule has 0 fully saturated rings. The third-order valence-electron chi connectivity index (χ3n) is 4.34. The molecule has 0 aliphatic rings. The first-order valence-electron chi connectivity index (χ1n) is 9.49. The summed E-state index contributed by atoms with van der Waals surface area (Å²) in [6, 6.07) is 10.4. The molecule has 2 heterocycles. The summed E-state index contributed by atoms with van der Waals surface area (Å²) >= 11 is 1.12. The van der Waals surface area contributed by atoms with E-state index < -0.39 is 10.0 Å². The topological polar surface area (TPSA) is 111 Å². The molecule has 10 heteroatoms. The lowest BCUT2D eigenvalue weighted by Crippen LogP contribution is -2.22. The van der Waals surface area contributed by atoms with Gasteiger partial charge in [0.2, 0.25) is 15.9 Å². The van der Waals surface area contributed by atoms with Gasteiger partial charge in [-0.2, -0.15) is 0 Å². The second-order valence-corrected chi connectivity index (χ2v) is 9.68. The van der Waals surface area contributed by atoms with E-state index in [0.29, 0.717) is 34.2 Å². The molecule has 0 saturated carbocycles. The van der Waals surface area contributed by atoms with Crippen molar-refractivity contribution in [2.24, 2.45) is 0 Å². The van der Waals surface area contributed by atoms with E-state index in [1.54, 1.807) is 63.4 Å². The van der Waals surface area contributed by atoms with Gasteiger partial charge in [-0.05, 0) is 48.9 Å². The Bertz CT molecular complexity index is 1200. The van der Waals surface area contributed by atoms with Gasteiger partial charge in [-0.1, -0.05) is 24.2 Å². The summed E-state index contributed by atoms with van der Waals surface area (Å²) in [5, 5.41) is 6.63. The molecule has 1 aromatic carbocycles. The zero-order valence-corrected chi connectivity index (χ0v) is 19.0. The van der Waals surface area contributed by atoms with Crippen LogP contribution in [-0.2, 0) is 21.4 Å². The van der Waals surface area contributed by atoms with Gasteiger partial charge in [0, 0.05) is 17.8 Å². The highest BCUT2D eigenvalue weighted by molar-refractivity contribution is 7.91. The molecule has 0 aliphatic heterocycles. The van der Waals surface area contributed by atoms with E-state index in [-0.39, 0.29) is 16.7 Å². The van der Waals surface area contributed by atoms with Crippen LogP contribution in [0.1, 0.15) is 35.2 Å². The van der Waals surface area contributed by atoms with Gasteiger partial charge in [-0.25, -0.2) is 13.1 Å². The molecule has 0 aliphatic carbocycles. The average molecular weight is 462 g/mol. The van der Waals surface area contributed by atoms with Crippen molar-refractivity contribution in [2.45, 2.75) is 31.0 Å². The van der Waals surface area contributed by atoms with Crippen molar-refractivity contribution in [3.8, 4) is 5.75 Å². The molecule has 2 aromatic heterocycles. The number of amides is 1. The number of nitrogens with zero attached hydrogens (tertiary/aromatic N) is 1. The Morgan fingerprint density at radius 3 is 2.81 bits per heavy atom. The van der Waals surface area contributed by atoms with Crippen molar-refractivity contribution >= 4 is 45.1 Å². The van der Waals surface area contributed by atoms with Gasteiger partial charge in [0.05, 0.1) is 7.11 Å². The lowest BCUT2D eigenvalue weighted by molar-refractivity contribution is -0.115. The molecule has 31 heavy (non-hydrogen) atoms. The van der Waals surface area contributed by atoms with E-state index in [1.165, 1.54) is 0 Å². The number of nitrogens with one attached hydrogen (secondary N) is 2. The molecule has 0 bridgehead atoms. The van der Waals surface area contributed by atoms with Crippen LogP contribution in [0, 0.1) is 6.92 Å². The number of anilines is 1. The number of hydrogen-bond acceptors (Lipinski definition) is 7. The van der Waals surface area contributed by atoms with Gasteiger partial charge >= 0.3 is 0 Å². The maximum absolute atomic E-state index is 12.6. The molecule has 164 valence electrons. The van der Waals surface area contributed by atoms with Gasteiger partial charge in [0.25, 0.3) is 0 Å². The van der Waals surface area contributed by atoms with Crippen LogP contribution in [0.15, 0.2) is 45.1 Å². The fourth-order valence-corrected chi connectivity index (χ4v) is 4.93. The Kier molecular flexibility index (Phi) is 7.26. The third kappa shape index (κ3) is 5.81. The fraction of sp³-hybridized carbons (Fsp3) is 0.238. The zero-order valence-electron chi connectivity index (χ0n) is 17.3. The Morgan fingerprint density at radius 1 is 1.26 bits per heavy atom. The van der Waals surface area contributed by atoms with E-state index in [9.17, 15) is 13.2 Å². The second kappa shape index (κ2) is 9.90. The van der Waals surface area contributed by atoms with Gasteiger partial charge in [-0.15, -0.1) is 11.3 Å². The van der Waals surface area contributed by atoms with Crippen molar-refractivity contribution in [1.82, 2.24) is 9.88 Å². The van der Waals surface area contributed by atoms with Crippen molar-refractivity contribution in [1.29, 1.82) is 0 Å². The Balaban J connectivity index is 1.70. The Hall–Kier alpha value is -2.95. The zero-order chi connectivity index (χ0) is 22.4. The normalized spacial score (nSPS) is 11.7. The maximum atomic E-state index is 12.6. The van der Waals surface area contributed by atoms with Crippen molar-refractivity contribution < 1.29 is 22.5 Å². The minimum absolute atomic E-state index is 0.146. The van der Waals surface area contributed by atoms with Crippen LogP contribution in [0.25, 0.3) is 12.2 Å². The second-order valence-electron chi connectivity index (χ2n) is 6.58. The summed E-state index contributed by atoms with van der Waals surface area (Å²) in [5.41, 5.74) is 1.87. The highest BCUT2D eigenvalue weighted by atomic mass is 32.2. The van der Waals surface area contributed by atoms with Gasteiger partial charge in [0.1, 0.15) is 21.3 Å². The highest BCUT2D eigenvalue weighted by Gasteiger charge is 2.17. The predicted octanol–water partition coefficient (Wildman–Crippen LogP) is 4.05. The summed E-state index contributed by atoms with van der Waals surface area (Å²) in [4.78, 5) is 12.4. The lowest BCUT2D eigenvalue weighted by Gasteiger charge is -2.06. The number of sulfonamides is 1. The number of hydrogen-bond donors (Lipinski definition) is 2. The first kappa shape index (κ1) is 22.7. The molecule has 0 radical (unpaired) electrons. The van der Waals surface area contributed by atoms with Crippen LogP contribution in [0.4, 0.5) is 5.69 Å². The summed E-state index contributed by atoms with van der Waals surface area (Å²) in [5.74, 6) is 0.915. The SMILES string of the molecule is CCC(=O)Nc1c(C)noc1/C=C/c1ccc(S(=O)(=O)NCc2cccc(OC)c2)s1. The van der Waals surface area contributed by atoms with Crippen LogP contribution in [0.5, 0.6) is 5.75 Å². The third-order valence-corrected chi connectivity index (χ3v) is 7.28. The van der Waals surface area contributed by atoms with Crippen LogP contribution in [0.3, 0.4) is 0 Å². The molecule has 0 unspecified atom stereocenters. The summed E-state index contributed by atoms with van der Waals surface area (Å²) in [6.45, 7) is 3.64. The lowest BCUT2D eigenvalue weighted by atomic mass is 10.2. The maximum Gasteiger partial charge on any atom is 0.250 e. The molecule has 3 aromatic rings. The van der Waals surface area contributed by atoms with Gasteiger partial charge in [0.15, 0.2) is 5.76 Å². The molecule has 3 rings (SSSR count). The highest BCUT2D eigenvalue weighted by Crippen LogP contribution is 2.26. The number of ether oxygens (including phenoxy) is 1. The van der Waals surface area contributed by atoms with E-state index in [1.807, 2.05) is 6.07 Å². The first-order valence-corrected chi connectivity index (χ1v) is 11.8.